The number of nitrogens with zero attached hydrogens (tertiary/aromatic N) is 3. The first-order valence-electron chi connectivity index (χ1n) is 12.8. The monoisotopic (exact) mass is 528 g/mol. The van der Waals surface area contributed by atoms with Crippen LogP contribution < -0.4 is 26.7 Å². The summed E-state index contributed by atoms with van der Waals surface area (Å²) < 4.78 is 2.08. The molecular formula is C33H28N3P2. The van der Waals surface area contributed by atoms with Gasteiger partial charge in [0.1, 0.15) is 6.04 Å². The van der Waals surface area contributed by atoms with Crippen LogP contribution in [0.3, 0.4) is 0 Å². The zero-order chi connectivity index (χ0) is 25.7. The summed E-state index contributed by atoms with van der Waals surface area (Å²) in [6, 6.07) is 44.4. The summed E-state index contributed by atoms with van der Waals surface area (Å²) in [5, 5.41) is 14.4. The lowest BCUT2D eigenvalue weighted by atomic mass is 10.0. The Morgan fingerprint density at radius 3 is 1.58 bits per heavy atom. The Morgan fingerprint density at radius 2 is 1.08 bits per heavy atom. The van der Waals surface area contributed by atoms with Crippen molar-refractivity contribution in [1.29, 1.82) is 0 Å². The quantitative estimate of drug-likeness (QED) is 0.261. The summed E-state index contributed by atoms with van der Waals surface area (Å²) in [5.41, 5.74) is 1.41. The van der Waals surface area contributed by atoms with Crippen LogP contribution >= 0.6 is 15.8 Å². The molecule has 0 spiro atoms. The van der Waals surface area contributed by atoms with Gasteiger partial charge in [-0.3, -0.25) is 0 Å². The van der Waals surface area contributed by atoms with Gasteiger partial charge in [-0.25, -0.2) is 4.68 Å². The average molecular weight is 529 g/mol. The van der Waals surface area contributed by atoms with Gasteiger partial charge < -0.3 is 0 Å². The molecule has 0 aliphatic heterocycles. The Kier molecular flexibility index (Phi) is 7.77. The summed E-state index contributed by atoms with van der Waals surface area (Å²) in [5.74, 6) is 1.30. The van der Waals surface area contributed by atoms with E-state index in [1.165, 1.54) is 27.1 Å². The van der Waals surface area contributed by atoms with E-state index >= 15 is 0 Å². The number of aromatic nitrogens is 3. The molecule has 5 radical (unpaired) electrons. The average Bonchev–Trinajstić information content (AvgIpc) is 3.66. The van der Waals surface area contributed by atoms with Crippen molar-refractivity contribution in [2.75, 3.05) is 0 Å². The predicted molar refractivity (Wildman–Crippen MR) is 162 cm³/mol. The summed E-state index contributed by atoms with van der Waals surface area (Å²) in [6.07, 6.45) is 8.56. The number of benzene rings is 4. The fourth-order valence-electron chi connectivity index (χ4n) is 5.00. The van der Waals surface area contributed by atoms with Crippen LogP contribution in [-0.4, -0.2) is 20.7 Å². The maximum Gasteiger partial charge on any atom is 0.102 e. The van der Waals surface area contributed by atoms with Gasteiger partial charge in [0, 0.05) is 13.8 Å². The van der Waals surface area contributed by atoms with Gasteiger partial charge in [0.25, 0.3) is 0 Å². The van der Waals surface area contributed by atoms with Gasteiger partial charge >= 0.3 is 0 Å². The third-order valence-corrected chi connectivity index (χ3v) is 11.9. The SMILES string of the molecule is C[C@H]([C]1[CH][CH][CH][C]1n1nncc1P(c1ccccc1)c1ccccc1)P(c1ccccc1)c1ccccc1. The zero-order valence-corrected chi connectivity index (χ0v) is 23.0. The highest BCUT2D eigenvalue weighted by molar-refractivity contribution is 7.79. The molecule has 6 rings (SSSR count). The second-order valence-corrected chi connectivity index (χ2v) is 13.8. The Balaban J connectivity index is 1.39. The molecule has 0 bridgehead atoms. The molecule has 1 aliphatic carbocycles. The lowest BCUT2D eigenvalue weighted by Crippen LogP contribution is -2.34. The minimum atomic E-state index is -0.826. The standard InChI is InChI=1S/C33H28N3P2/c1-26(37(27-15-6-2-7-16-27)28-17-8-3-9-18-28)31-23-14-24-32(31)36-33(25-34-35-36)38(29-19-10-4-11-20-29)30-21-12-5-13-22-30/h2-26H,1H3/t26-/m1/s1. The molecule has 5 heteroatoms. The van der Waals surface area contributed by atoms with E-state index in [9.17, 15) is 0 Å². The summed E-state index contributed by atoms with van der Waals surface area (Å²) in [6.45, 7) is 2.36. The molecule has 1 fully saturated rings. The van der Waals surface area contributed by atoms with E-state index in [0.29, 0.717) is 0 Å². The Morgan fingerprint density at radius 1 is 0.605 bits per heavy atom. The van der Waals surface area contributed by atoms with Crippen LogP contribution in [-0.2, 0) is 0 Å². The van der Waals surface area contributed by atoms with E-state index in [4.69, 9.17) is 0 Å². The molecule has 1 aliphatic rings. The Bertz CT molecular complexity index is 1350. The molecule has 1 saturated carbocycles. The first kappa shape index (κ1) is 25.2. The van der Waals surface area contributed by atoms with Crippen molar-refractivity contribution in [1.82, 2.24) is 15.0 Å². The third kappa shape index (κ3) is 5.11. The van der Waals surface area contributed by atoms with Crippen LogP contribution in [0.4, 0.5) is 0 Å². The van der Waals surface area contributed by atoms with Crippen molar-refractivity contribution in [3.63, 3.8) is 0 Å². The molecule has 38 heavy (non-hydrogen) atoms. The van der Waals surface area contributed by atoms with E-state index in [1.807, 2.05) is 6.20 Å². The lowest BCUT2D eigenvalue weighted by Gasteiger charge is -2.33. The van der Waals surface area contributed by atoms with Crippen LogP contribution in [0.25, 0.3) is 0 Å². The molecule has 0 N–H and O–H groups in total. The van der Waals surface area contributed by atoms with Gasteiger partial charge in [-0.1, -0.05) is 133 Å². The second kappa shape index (κ2) is 11.7. The van der Waals surface area contributed by atoms with E-state index < -0.39 is 15.8 Å². The highest BCUT2D eigenvalue weighted by Crippen LogP contribution is 2.51. The number of rotatable bonds is 8. The molecule has 5 aromatic rings. The van der Waals surface area contributed by atoms with Gasteiger partial charge in [0.2, 0.25) is 0 Å². The molecule has 4 aromatic carbocycles. The predicted octanol–water partition coefficient (Wildman–Crippen LogP) is 5.14. The topological polar surface area (TPSA) is 30.7 Å². The largest absolute Gasteiger partial charge is 0.235 e. The molecule has 1 atom stereocenters. The van der Waals surface area contributed by atoms with Crippen molar-refractivity contribution < 1.29 is 0 Å². The molecule has 0 saturated heterocycles. The minimum Gasteiger partial charge on any atom is -0.235 e. The van der Waals surface area contributed by atoms with Crippen LogP contribution in [0.2, 0.25) is 0 Å². The normalized spacial score (nSPS) is 15.3. The van der Waals surface area contributed by atoms with Crippen LogP contribution in [0.1, 0.15) is 6.92 Å². The number of hydrogen-bond acceptors (Lipinski definition) is 2. The first-order valence-corrected chi connectivity index (χ1v) is 15.5. The zero-order valence-electron chi connectivity index (χ0n) is 21.2. The van der Waals surface area contributed by atoms with E-state index in [2.05, 4.69) is 163 Å². The van der Waals surface area contributed by atoms with Crippen molar-refractivity contribution in [2.24, 2.45) is 0 Å². The fraction of sp³-hybridized carbons (Fsp3) is 0.0606. The van der Waals surface area contributed by atoms with E-state index in [1.54, 1.807) is 0 Å². The van der Waals surface area contributed by atoms with Crippen LogP contribution in [0, 0.1) is 31.2 Å². The second-order valence-electron chi connectivity index (χ2n) is 9.09. The highest BCUT2D eigenvalue weighted by atomic mass is 31.1. The van der Waals surface area contributed by atoms with E-state index in [-0.39, 0.29) is 5.66 Å². The van der Waals surface area contributed by atoms with Crippen molar-refractivity contribution in [3.8, 4) is 0 Å². The third-order valence-electron chi connectivity index (χ3n) is 6.75. The van der Waals surface area contributed by atoms with Gasteiger partial charge in [-0.05, 0) is 54.1 Å². The summed E-state index contributed by atoms with van der Waals surface area (Å²) in [7, 11) is -1.45. The maximum atomic E-state index is 4.67. The number of hydrogen-bond donors (Lipinski definition) is 0. The Hall–Kier alpha value is -3.12. The van der Waals surface area contributed by atoms with Crippen LogP contribution in [0.15, 0.2) is 128 Å². The highest BCUT2D eigenvalue weighted by Gasteiger charge is 2.41. The van der Waals surface area contributed by atoms with Gasteiger partial charge in [-0.2, -0.15) is 0 Å². The molecule has 1 aromatic heterocycles. The summed E-state index contributed by atoms with van der Waals surface area (Å²) >= 11 is 0. The van der Waals surface area contributed by atoms with Gasteiger partial charge in [-0.15, -0.1) is 5.10 Å². The summed E-state index contributed by atoms with van der Waals surface area (Å²) in [4.78, 5) is 0. The molecule has 185 valence electrons. The van der Waals surface area contributed by atoms with Crippen LogP contribution in [0.5, 0.6) is 0 Å². The fourth-order valence-corrected chi connectivity index (χ4v) is 9.95. The van der Waals surface area contributed by atoms with Gasteiger partial charge in [0.05, 0.1) is 11.6 Å². The maximum absolute atomic E-state index is 4.67. The van der Waals surface area contributed by atoms with Gasteiger partial charge in [0.15, 0.2) is 0 Å². The molecular weight excluding hydrogens is 500 g/mol. The Labute approximate surface area is 228 Å². The molecule has 0 unspecified atom stereocenters. The van der Waals surface area contributed by atoms with E-state index in [0.717, 1.165) is 11.5 Å². The van der Waals surface area contributed by atoms with Crippen molar-refractivity contribution >= 4 is 42.5 Å². The smallest absolute Gasteiger partial charge is 0.102 e. The van der Waals surface area contributed by atoms with Crippen molar-refractivity contribution in [3.05, 3.63) is 159 Å². The lowest BCUT2D eigenvalue weighted by molar-refractivity contribution is 0.682. The molecule has 3 nitrogen and oxygen atoms in total. The minimum absolute atomic E-state index is 0.288. The first-order chi connectivity index (χ1) is 18.8. The molecule has 1 heterocycles. The molecule has 0 amide bonds. The van der Waals surface area contributed by atoms with Crippen molar-refractivity contribution in [2.45, 2.75) is 12.6 Å².